The van der Waals surface area contributed by atoms with Crippen molar-refractivity contribution in [1.29, 1.82) is 0 Å². The standard InChI is InChI=1S/C13H13BrN2O3/c14-10-3-1-2-9(13(18)19)11(10)16-12(17)7-4-5-8(15)6-7/h1-5,7-8H,6,15H2,(H,16,17)(H,18,19). The van der Waals surface area contributed by atoms with Gasteiger partial charge in [-0.15, -0.1) is 0 Å². The molecule has 1 aliphatic rings. The van der Waals surface area contributed by atoms with E-state index in [-0.39, 0.29) is 29.1 Å². The molecule has 1 aromatic rings. The van der Waals surface area contributed by atoms with E-state index >= 15 is 0 Å². The van der Waals surface area contributed by atoms with Crippen molar-refractivity contribution in [2.24, 2.45) is 11.7 Å². The topological polar surface area (TPSA) is 92.4 Å². The van der Waals surface area contributed by atoms with Crippen LogP contribution < -0.4 is 11.1 Å². The van der Waals surface area contributed by atoms with Gasteiger partial charge in [0.1, 0.15) is 0 Å². The summed E-state index contributed by atoms with van der Waals surface area (Å²) in [5.41, 5.74) is 6.02. The number of carbonyl (C=O) groups excluding carboxylic acids is 1. The van der Waals surface area contributed by atoms with Crippen LogP contribution in [0.2, 0.25) is 0 Å². The number of nitrogens with two attached hydrogens (primary N) is 1. The molecule has 0 heterocycles. The number of carboxylic acid groups (broad SMARTS) is 1. The predicted molar refractivity (Wildman–Crippen MR) is 75.0 cm³/mol. The maximum atomic E-state index is 12.1. The predicted octanol–water partition coefficient (Wildman–Crippen LogP) is 1.99. The first-order valence-corrected chi connectivity index (χ1v) is 6.55. The molecule has 2 rings (SSSR count). The molecule has 19 heavy (non-hydrogen) atoms. The summed E-state index contributed by atoms with van der Waals surface area (Å²) in [5, 5.41) is 11.8. The van der Waals surface area contributed by atoms with Crippen LogP contribution in [0.1, 0.15) is 16.8 Å². The summed E-state index contributed by atoms with van der Waals surface area (Å²) in [6.07, 6.45) is 4.07. The highest BCUT2D eigenvalue weighted by Crippen LogP contribution is 2.28. The first-order valence-electron chi connectivity index (χ1n) is 5.75. The Hall–Kier alpha value is -1.66. The van der Waals surface area contributed by atoms with E-state index in [1.807, 2.05) is 0 Å². The Balaban J connectivity index is 2.21. The number of carboxylic acids is 1. The number of para-hydroxylation sites is 1. The van der Waals surface area contributed by atoms with Crippen molar-refractivity contribution in [2.75, 3.05) is 5.32 Å². The van der Waals surface area contributed by atoms with Crippen LogP contribution in [0.3, 0.4) is 0 Å². The Morgan fingerprint density at radius 1 is 1.37 bits per heavy atom. The maximum absolute atomic E-state index is 12.1. The number of aromatic carboxylic acids is 1. The van der Waals surface area contributed by atoms with E-state index in [0.29, 0.717) is 10.9 Å². The molecule has 0 saturated carbocycles. The third kappa shape index (κ3) is 3.02. The third-order valence-corrected chi connectivity index (χ3v) is 3.61. The lowest BCUT2D eigenvalue weighted by atomic mass is 10.1. The molecule has 0 saturated heterocycles. The second-order valence-electron chi connectivity index (χ2n) is 4.35. The van der Waals surface area contributed by atoms with Crippen molar-refractivity contribution < 1.29 is 14.7 Å². The minimum Gasteiger partial charge on any atom is -0.478 e. The minimum absolute atomic E-state index is 0.0500. The van der Waals surface area contributed by atoms with Crippen molar-refractivity contribution >= 4 is 33.5 Å². The lowest BCUT2D eigenvalue weighted by Crippen LogP contribution is -2.25. The Labute approximate surface area is 118 Å². The Morgan fingerprint density at radius 2 is 2.11 bits per heavy atom. The van der Waals surface area contributed by atoms with E-state index in [2.05, 4.69) is 21.2 Å². The van der Waals surface area contributed by atoms with Gasteiger partial charge < -0.3 is 16.2 Å². The SMILES string of the molecule is NC1C=CC(C(=O)Nc2c(Br)cccc2C(=O)O)C1. The van der Waals surface area contributed by atoms with Crippen LogP contribution >= 0.6 is 15.9 Å². The minimum atomic E-state index is -1.09. The first-order chi connectivity index (χ1) is 8.99. The van der Waals surface area contributed by atoms with Crippen molar-refractivity contribution in [1.82, 2.24) is 0 Å². The monoisotopic (exact) mass is 324 g/mol. The van der Waals surface area contributed by atoms with Crippen LogP contribution in [-0.4, -0.2) is 23.0 Å². The summed E-state index contributed by atoms with van der Waals surface area (Å²) in [4.78, 5) is 23.2. The zero-order valence-corrected chi connectivity index (χ0v) is 11.6. The van der Waals surface area contributed by atoms with Crippen molar-refractivity contribution in [3.05, 3.63) is 40.4 Å². The molecule has 4 N–H and O–H groups in total. The average Bonchev–Trinajstić information content (AvgIpc) is 2.78. The second-order valence-corrected chi connectivity index (χ2v) is 5.20. The smallest absolute Gasteiger partial charge is 0.337 e. The molecule has 1 amide bonds. The normalized spacial score (nSPS) is 21.4. The van der Waals surface area contributed by atoms with Gasteiger partial charge in [-0.1, -0.05) is 18.2 Å². The summed E-state index contributed by atoms with van der Waals surface area (Å²) < 4.78 is 0.534. The number of anilines is 1. The van der Waals surface area contributed by atoms with E-state index in [1.54, 1.807) is 24.3 Å². The molecule has 2 unspecified atom stereocenters. The molecular weight excluding hydrogens is 312 g/mol. The Bertz CT molecular complexity index is 557. The highest BCUT2D eigenvalue weighted by molar-refractivity contribution is 9.10. The lowest BCUT2D eigenvalue weighted by molar-refractivity contribution is -0.118. The number of hydrogen-bond acceptors (Lipinski definition) is 3. The van der Waals surface area contributed by atoms with Gasteiger partial charge in [0.25, 0.3) is 0 Å². The highest BCUT2D eigenvalue weighted by atomic mass is 79.9. The van der Waals surface area contributed by atoms with Gasteiger partial charge >= 0.3 is 5.97 Å². The summed E-state index contributed by atoms with van der Waals surface area (Å²) in [7, 11) is 0. The van der Waals surface area contributed by atoms with Gasteiger partial charge in [0, 0.05) is 10.5 Å². The fourth-order valence-electron chi connectivity index (χ4n) is 1.97. The van der Waals surface area contributed by atoms with E-state index in [0.717, 1.165) is 0 Å². The number of halogens is 1. The Morgan fingerprint density at radius 3 is 2.68 bits per heavy atom. The molecule has 0 bridgehead atoms. The maximum Gasteiger partial charge on any atom is 0.337 e. The van der Waals surface area contributed by atoms with Crippen LogP contribution in [0.5, 0.6) is 0 Å². The molecule has 2 atom stereocenters. The summed E-state index contributed by atoms with van der Waals surface area (Å²) >= 11 is 3.24. The van der Waals surface area contributed by atoms with Gasteiger partial charge in [0.15, 0.2) is 0 Å². The fraction of sp³-hybridized carbons (Fsp3) is 0.231. The molecule has 0 aliphatic heterocycles. The lowest BCUT2D eigenvalue weighted by Gasteiger charge is -2.13. The van der Waals surface area contributed by atoms with Gasteiger partial charge in [0.2, 0.25) is 5.91 Å². The molecule has 1 aromatic carbocycles. The van der Waals surface area contributed by atoms with Gasteiger partial charge in [-0.25, -0.2) is 4.79 Å². The number of carbonyl (C=O) groups is 2. The van der Waals surface area contributed by atoms with Crippen molar-refractivity contribution in [3.8, 4) is 0 Å². The fourth-order valence-corrected chi connectivity index (χ4v) is 2.43. The van der Waals surface area contributed by atoms with Gasteiger partial charge in [-0.05, 0) is 34.5 Å². The average molecular weight is 325 g/mol. The molecule has 0 fully saturated rings. The molecule has 1 aliphatic carbocycles. The van der Waals surface area contributed by atoms with E-state index < -0.39 is 5.97 Å². The largest absolute Gasteiger partial charge is 0.478 e. The zero-order chi connectivity index (χ0) is 14.0. The molecule has 0 aromatic heterocycles. The van der Waals surface area contributed by atoms with Crippen LogP contribution in [0.4, 0.5) is 5.69 Å². The van der Waals surface area contributed by atoms with Crippen LogP contribution in [0, 0.1) is 5.92 Å². The molecule has 100 valence electrons. The van der Waals surface area contributed by atoms with Crippen LogP contribution in [0.15, 0.2) is 34.8 Å². The van der Waals surface area contributed by atoms with Crippen molar-refractivity contribution in [2.45, 2.75) is 12.5 Å². The first kappa shape index (κ1) is 13.8. The van der Waals surface area contributed by atoms with Crippen LogP contribution in [0.25, 0.3) is 0 Å². The Kier molecular flexibility index (Phi) is 4.01. The van der Waals surface area contributed by atoms with Gasteiger partial charge in [-0.2, -0.15) is 0 Å². The zero-order valence-electron chi connectivity index (χ0n) is 9.97. The molecule has 6 heteroatoms. The summed E-state index contributed by atoms with van der Waals surface area (Å²) in [6.45, 7) is 0. The van der Waals surface area contributed by atoms with E-state index in [1.165, 1.54) is 6.07 Å². The molecule has 0 radical (unpaired) electrons. The van der Waals surface area contributed by atoms with Crippen molar-refractivity contribution in [3.63, 3.8) is 0 Å². The van der Waals surface area contributed by atoms with E-state index in [9.17, 15) is 9.59 Å². The third-order valence-electron chi connectivity index (χ3n) is 2.95. The molecule has 5 nitrogen and oxygen atoms in total. The molecular formula is C13H13BrN2O3. The highest BCUT2D eigenvalue weighted by Gasteiger charge is 2.24. The second kappa shape index (κ2) is 5.54. The van der Waals surface area contributed by atoms with Crippen LogP contribution in [-0.2, 0) is 4.79 Å². The summed E-state index contributed by atoms with van der Waals surface area (Å²) in [5.74, 6) is -1.65. The number of benzene rings is 1. The number of hydrogen-bond donors (Lipinski definition) is 3. The van der Waals surface area contributed by atoms with E-state index in [4.69, 9.17) is 10.8 Å². The van der Waals surface area contributed by atoms with Gasteiger partial charge in [0.05, 0.1) is 17.2 Å². The quantitative estimate of drug-likeness (QED) is 0.741. The number of rotatable bonds is 3. The molecule has 0 spiro atoms. The van der Waals surface area contributed by atoms with Gasteiger partial charge in [-0.3, -0.25) is 4.79 Å². The number of amides is 1. The summed E-state index contributed by atoms with van der Waals surface area (Å²) in [6, 6.07) is 4.61. The number of nitrogens with one attached hydrogen (secondary N) is 1.